The van der Waals surface area contributed by atoms with Crippen molar-refractivity contribution in [3.63, 3.8) is 0 Å². The molecule has 0 aliphatic carbocycles. The SMILES string of the molecule is Cc1ccc(OCC(C)NC(=O)[C@H](N)C(C)(C)C)cc1. The highest BCUT2D eigenvalue weighted by atomic mass is 16.5. The van der Waals surface area contributed by atoms with Gasteiger partial charge in [0, 0.05) is 0 Å². The summed E-state index contributed by atoms with van der Waals surface area (Å²) in [4.78, 5) is 12.0. The molecular weight excluding hydrogens is 252 g/mol. The van der Waals surface area contributed by atoms with Gasteiger partial charge in [0.1, 0.15) is 12.4 Å². The summed E-state index contributed by atoms with van der Waals surface area (Å²) in [6.07, 6.45) is 0. The molecule has 20 heavy (non-hydrogen) atoms. The largest absolute Gasteiger partial charge is 0.491 e. The van der Waals surface area contributed by atoms with E-state index >= 15 is 0 Å². The third-order valence-corrected chi connectivity index (χ3v) is 3.13. The highest BCUT2D eigenvalue weighted by Crippen LogP contribution is 2.17. The molecule has 0 saturated heterocycles. The van der Waals surface area contributed by atoms with E-state index < -0.39 is 6.04 Å². The highest BCUT2D eigenvalue weighted by molar-refractivity contribution is 5.82. The fourth-order valence-corrected chi connectivity index (χ4v) is 1.62. The summed E-state index contributed by atoms with van der Waals surface area (Å²) >= 11 is 0. The van der Waals surface area contributed by atoms with Gasteiger partial charge in [0.05, 0.1) is 12.1 Å². The number of aryl methyl sites for hydroxylation is 1. The minimum Gasteiger partial charge on any atom is -0.491 e. The van der Waals surface area contributed by atoms with Crippen LogP contribution >= 0.6 is 0 Å². The van der Waals surface area contributed by atoms with Crippen LogP contribution in [0.5, 0.6) is 5.75 Å². The Bertz CT molecular complexity index is 435. The maximum atomic E-state index is 12.0. The number of nitrogens with two attached hydrogens (primary N) is 1. The molecule has 0 aliphatic rings. The van der Waals surface area contributed by atoms with Crippen LogP contribution in [0.3, 0.4) is 0 Å². The molecule has 0 fully saturated rings. The van der Waals surface area contributed by atoms with Crippen LogP contribution in [0.4, 0.5) is 0 Å². The third kappa shape index (κ3) is 5.21. The topological polar surface area (TPSA) is 64.3 Å². The highest BCUT2D eigenvalue weighted by Gasteiger charge is 2.28. The molecule has 2 atom stereocenters. The number of carbonyl (C=O) groups excluding carboxylic acids is 1. The van der Waals surface area contributed by atoms with Crippen LogP contribution in [-0.2, 0) is 4.79 Å². The molecule has 112 valence electrons. The van der Waals surface area contributed by atoms with Crippen molar-refractivity contribution in [2.75, 3.05) is 6.61 Å². The quantitative estimate of drug-likeness (QED) is 0.868. The molecule has 4 nitrogen and oxygen atoms in total. The van der Waals surface area contributed by atoms with E-state index in [2.05, 4.69) is 5.32 Å². The summed E-state index contributed by atoms with van der Waals surface area (Å²) in [5.74, 6) is 0.661. The zero-order chi connectivity index (χ0) is 15.3. The number of carbonyl (C=O) groups is 1. The van der Waals surface area contributed by atoms with Crippen LogP contribution in [0.25, 0.3) is 0 Å². The Labute approximate surface area is 121 Å². The zero-order valence-electron chi connectivity index (χ0n) is 13.1. The molecule has 0 spiro atoms. The van der Waals surface area contributed by atoms with Crippen LogP contribution in [0.1, 0.15) is 33.3 Å². The molecule has 0 saturated carbocycles. The minimum atomic E-state index is -0.524. The summed E-state index contributed by atoms with van der Waals surface area (Å²) in [5, 5.41) is 2.88. The molecule has 1 aromatic rings. The fraction of sp³-hybridized carbons (Fsp3) is 0.562. The molecule has 0 aliphatic heterocycles. The Morgan fingerprint density at radius 3 is 2.35 bits per heavy atom. The Balaban J connectivity index is 2.42. The summed E-state index contributed by atoms with van der Waals surface area (Å²) in [7, 11) is 0. The number of rotatable bonds is 5. The van der Waals surface area contributed by atoms with Crippen molar-refractivity contribution in [1.82, 2.24) is 5.32 Å². The second-order valence-corrected chi connectivity index (χ2v) is 6.38. The van der Waals surface area contributed by atoms with Crippen LogP contribution in [-0.4, -0.2) is 24.6 Å². The first-order chi connectivity index (χ1) is 9.20. The number of hydrogen-bond acceptors (Lipinski definition) is 3. The molecule has 0 heterocycles. The van der Waals surface area contributed by atoms with Crippen molar-refractivity contribution in [2.45, 2.75) is 46.7 Å². The van der Waals surface area contributed by atoms with Gasteiger partial charge in [-0.15, -0.1) is 0 Å². The van der Waals surface area contributed by atoms with Gasteiger partial charge in [0.25, 0.3) is 0 Å². The lowest BCUT2D eigenvalue weighted by Crippen LogP contribution is -2.51. The first-order valence-corrected chi connectivity index (χ1v) is 6.95. The molecule has 0 aromatic heterocycles. The van der Waals surface area contributed by atoms with Crippen LogP contribution < -0.4 is 15.8 Å². The number of amides is 1. The van der Waals surface area contributed by atoms with Crippen molar-refractivity contribution in [3.05, 3.63) is 29.8 Å². The molecule has 3 N–H and O–H groups in total. The van der Waals surface area contributed by atoms with Gasteiger partial charge in [-0.1, -0.05) is 38.5 Å². The van der Waals surface area contributed by atoms with Crippen molar-refractivity contribution in [2.24, 2.45) is 11.1 Å². The lowest BCUT2D eigenvalue weighted by atomic mass is 9.87. The van der Waals surface area contributed by atoms with Gasteiger partial charge < -0.3 is 15.8 Å². The molecule has 1 aromatic carbocycles. The van der Waals surface area contributed by atoms with Gasteiger partial charge in [-0.2, -0.15) is 0 Å². The standard InChI is InChI=1S/C16H26N2O2/c1-11-6-8-13(9-7-11)20-10-12(2)18-15(19)14(17)16(3,4)5/h6-9,12,14H,10,17H2,1-5H3,(H,18,19)/t12?,14-/m0/s1. The number of nitrogens with one attached hydrogen (secondary N) is 1. The van der Waals surface area contributed by atoms with Gasteiger partial charge in [0.15, 0.2) is 0 Å². The summed E-state index contributed by atoms with van der Waals surface area (Å²) in [6.45, 7) is 10.2. The molecule has 1 rings (SSSR count). The smallest absolute Gasteiger partial charge is 0.237 e. The molecular formula is C16H26N2O2. The zero-order valence-corrected chi connectivity index (χ0v) is 13.1. The number of hydrogen-bond donors (Lipinski definition) is 2. The Kier molecular flexibility index (Phi) is 5.57. The summed E-state index contributed by atoms with van der Waals surface area (Å²) in [6, 6.07) is 7.22. The van der Waals surface area contributed by atoms with E-state index in [0.717, 1.165) is 5.75 Å². The van der Waals surface area contributed by atoms with Gasteiger partial charge >= 0.3 is 0 Å². The first-order valence-electron chi connectivity index (χ1n) is 6.95. The second kappa shape index (κ2) is 6.75. The van der Waals surface area contributed by atoms with E-state index in [1.165, 1.54) is 5.56 Å². The monoisotopic (exact) mass is 278 g/mol. The van der Waals surface area contributed by atoms with Crippen molar-refractivity contribution in [3.8, 4) is 5.75 Å². The molecule has 0 radical (unpaired) electrons. The van der Waals surface area contributed by atoms with Crippen molar-refractivity contribution >= 4 is 5.91 Å². The van der Waals surface area contributed by atoms with Gasteiger partial charge in [-0.25, -0.2) is 0 Å². The van der Waals surface area contributed by atoms with Crippen LogP contribution in [0.2, 0.25) is 0 Å². The van der Waals surface area contributed by atoms with Crippen molar-refractivity contribution < 1.29 is 9.53 Å². The molecule has 4 heteroatoms. The second-order valence-electron chi connectivity index (χ2n) is 6.38. The third-order valence-electron chi connectivity index (χ3n) is 3.13. The Morgan fingerprint density at radius 1 is 1.30 bits per heavy atom. The number of benzene rings is 1. The van der Waals surface area contributed by atoms with Gasteiger partial charge in [-0.05, 0) is 31.4 Å². The van der Waals surface area contributed by atoms with E-state index in [1.807, 2.05) is 58.9 Å². The van der Waals surface area contributed by atoms with Crippen LogP contribution in [0, 0.1) is 12.3 Å². The maximum absolute atomic E-state index is 12.0. The lowest BCUT2D eigenvalue weighted by Gasteiger charge is -2.27. The van der Waals surface area contributed by atoms with E-state index in [9.17, 15) is 4.79 Å². The average molecular weight is 278 g/mol. The van der Waals surface area contributed by atoms with Gasteiger partial charge in [0.2, 0.25) is 5.91 Å². The molecule has 0 bridgehead atoms. The Hall–Kier alpha value is -1.55. The van der Waals surface area contributed by atoms with E-state index in [4.69, 9.17) is 10.5 Å². The van der Waals surface area contributed by atoms with Gasteiger partial charge in [-0.3, -0.25) is 4.79 Å². The molecule has 1 amide bonds. The normalized spacial score (nSPS) is 14.5. The van der Waals surface area contributed by atoms with Crippen molar-refractivity contribution in [1.29, 1.82) is 0 Å². The average Bonchev–Trinajstić information content (AvgIpc) is 2.36. The summed E-state index contributed by atoms with van der Waals surface area (Å²) in [5.41, 5.74) is 6.85. The number of ether oxygens (including phenoxy) is 1. The van der Waals surface area contributed by atoms with E-state index in [1.54, 1.807) is 0 Å². The lowest BCUT2D eigenvalue weighted by molar-refractivity contribution is -0.125. The van der Waals surface area contributed by atoms with Crippen LogP contribution in [0.15, 0.2) is 24.3 Å². The predicted octanol–water partition coefficient (Wildman–Crippen LogP) is 2.25. The van der Waals surface area contributed by atoms with E-state index in [-0.39, 0.29) is 17.4 Å². The first kappa shape index (κ1) is 16.5. The summed E-state index contributed by atoms with van der Waals surface area (Å²) < 4.78 is 5.63. The predicted molar refractivity (Wildman–Crippen MR) is 81.7 cm³/mol. The minimum absolute atomic E-state index is 0.0859. The molecule has 1 unspecified atom stereocenters. The Morgan fingerprint density at radius 2 is 1.85 bits per heavy atom. The fourth-order valence-electron chi connectivity index (χ4n) is 1.62. The maximum Gasteiger partial charge on any atom is 0.237 e. The van der Waals surface area contributed by atoms with E-state index in [0.29, 0.717) is 6.61 Å².